The molecule has 1 amide bonds. The van der Waals surface area contributed by atoms with Gasteiger partial charge in [0.25, 0.3) is 0 Å². The van der Waals surface area contributed by atoms with E-state index in [1.54, 1.807) is 13.1 Å². The first-order chi connectivity index (χ1) is 13.5. The number of imidazole rings is 1. The molecular weight excluding hydrogens is 359 g/mol. The third-order valence-electron chi connectivity index (χ3n) is 5.28. The van der Waals surface area contributed by atoms with E-state index in [0.717, 1.165) is 37.1 Å². The highest BCUT2D eigenvalue weighted by molar-refractivity contribution is 5.95. The molecule has 3 aromatic rings. The standard InChI is InChI=1S/C21H23FN4O2/c1-24-18-7-3-4-8-19(18)26(21(24)28)14-20(27)23-16-13-15(22)9-10-17(16)25-11-5-2-6-12-25/h3-4,7-10,13H,2,5-6,11-12,14H2,1H3,(H,23,27). The number of rotatable bonds is 4. The second-order valence-electron chi connectivity index (χ2n) is 7.17. The molecule has 0 atom stereocenters. The summed E-state index contributed by atoms with van der Waals surface area (Å²) < 4.78 is 16.8. The Morgan fingerprint density at radius 3 is 2.54 bits per heavy atom. The zero-order chi connectivity index (χ0) is 19.7. The quantitative estimate of drug-likeness (QED) is 0.754. The number of carbonyl (C=O) groups excluding carboxylic acids is 1. The molecule has 0 saturated carbocycles. The number of benzene rings is 2. The number of hydrogen-bond acceptors (Lipinski definition) is 3. The molecule has 1 saturated heterocycles. The summed E-state index contributed by atoms with van der Waals surface area (Å²) in [6.45, 7) is 1.64. The van der Waals surface area contributed by atoms with E-state index in [1.807, 2.05) is 24.3 Å². The van der Waals surface area contributed by atoms with E-state index in [2.05, 4.69) is 10.2 Å². The predicted octanol–water partition coefficient (Wildman–Crippen LogP) is 3.11. The van der Waals surface area contributed by atoms with Crippen molar-refractivity contribution in [1.29, 1.82) is 0 Å². The van der Waals surface area contributed by atoms with E-state index in [1.165, 1.54) is 27.7 Å². The second-order valence-corrected chi connectivity index (χ2v) is 7.17. The molecule has 0 aliphatic carbocycles. The number of nitrogens with one attached hydrogen (secondary N) is 1. The lowest BCUT2D eigenvalue weighted by Gasteiger charge is -2.30. The molecule has 1 aliphatic heterocycles. The van der Waals surface area contributed by atoms with Crippen LogP contribution in [-0.4, -0.2) is 28.1 Å². The van der Waals surface area contributed by atoms with E-state index >= 15 is 0 Å². The van der Waals surface area contributed by atoms with Crippen molar-refractivity contribution >= 4 is 28.3 Å². The number of halogens is 1. The molecule has 28 heavy (non-hydrogen) atoms. The van der Waals surface area contributed by atoms with Crippen LogP contribution in [0.5, 0.6) is 0 Å². The number of fused-ring (bicyclic) bond motifs is 1. The van der Waals surface area contributed by atoms with Crippen molar-refractivity contribution < 1.29 is 9.18 Å². The summed E-state index contributed by atoms with van der Waals surface area (Å²) in [7, 11) is 1.68. The maximum Gasteiger partial charge on any atom is 0.329 e. The second kappa shape index (κ2) is 7.50. The zero-order valence-electron chi connectivity index (χ0n) is 15.8. The van der Waals surface area contributed by atoms with Crippen molar-refractivity contribution in [2.45, 2.75) is 25.8 Å². The van der Waals surface area contributed by atoms with Crippen LogP contribution in [0.2, 0.25) is 0 Å². The van der Waals surface area contributed by atoms with Crippen LogP contribution in [0.1, 0.15) is 19.3 Å². The lowest BCUT2D eigenvalue weighted by Crippen LogP contribution is -2.31. The van der Waals surface area contributed by atoms with Crippen molar-refractivity contribution in [3.8, 4) is 0 Å². The maximum atomic E-state index is 13.8. The van der Waals surface area contributed by atoms with Gasteiger partial charge in [-0.25, -0.2) is 9.18 Å². The molecule has 2 aromatic carbocycles. The highest BCUT2D eigenvalue weighted by Gasteiger charge is 2.18. The highest BCUT2D eigenvalue weighted by atomic mass is 19.1. The lowest BCUT2D eigenvalue weighted by molar-refractivity contribution is -0.116. The number of piperidine rings is 1. The van der Waals surface area contributed by atoms with Gasteiger partial charge in [0, 0.05) is 20.1 Å². The average Bonchev–Trinajstić information content (AvgIpc) is 2.94. The summed E-state index contributed by atoms with van der Waals surface area (Å²) in [4.78, 5) is 27.4. The number of hydrogen-bond donors (Lipinski definition) is 1. The summed E-state index contributed by atoms with van der Waals surface area (Å²) in [5.74, 6) is -0.763. The van der Waals surface area contributed by atoms with Crippen molar-refractivity contribution in [3.63, 3.8) is 0 Å². The van der Waals surface area contributed by atoms with Gasteiger partial charge in [-0.1, -0.05) is 12.1 Å². The topological polar surface area (TPSA) is 59.3 Å². The van der Waals surface area contributed by atoms with Crippen LogP contribution in [0.25, 0.3) is 11.0 Å². The first-order valence-corrected chi connectivity index (χ1v) is 9.53. The molecule has 4 rings (SSSR count). The van der Waals surface area contributed by atoms with Crippen LogP contribution < -0.4 is 15.9 Å². The third kappa shape index (κ3) is 3.40. The molecule has 1 N–H and O–H groups in total. The SMILES string of the molecule is Cn1c(=O)n(CC(=O)Nc2cc(F)ccc2N2CCCCC2)c2ccccc21. The third-order valence-corrected chi connectivity index (χ3v) is 5.28. The predicted molar refractivity (Wildman–Crippen MR) is 108 cm³/mol. The van der Waals surface area contributed by atoms with Crippen LogP contribution in [0.4, 0.5) is 15.8 Å². The molecule has 1 fully saturated rings. The van der Waals surface area contributed by atoms with Gasteiger partial charge in [-0.05, 0) is 49.6 Å². The van der Waals surface area contributed by atoms with Crippen LogP contribution in [0.3, 0.4) is 0 Å². The van der Waals surface area contributed by atoms with Gasteiger partial charge in [0.1, 0.15) is 12.4 Å². The van der Waals surface area contributed by atoms with E-state index in [9.17, 15) is 14.0 Å². The van der Waals surface area contributed by atoms with Crippen molar-refractivity contribution in [2.75, 3.05) is 23.3 Å². The number of aryl methyl sites for hydroxylation is 1. The summed E-state index contributed by atoms with van der Waals surface area (Å²) in [5.41, 5.74) is 2.47. The minimum Gasteiger partial charge on any atom is -0.370 e. The Kier molecular flexibility index (Phi) is 4.90. The van der Waals surface area contributed by atoms with Crippen molar-refractivity contribution in [3.05, 3.63) is 58.8 Å². The zero-order valence-corrected chi connectivity index (χ0v) is 15.8. The lowest BCUT2D eigenvalue weighted by atomic mass is 10.1. The minimum atomic E-state index is -0.404. The fraction of sp³-hybridized carbons (Fsp3) is 0.333. The van der Waals surface area contributed by atoms with E-state index in [4.69, 9.17) is 0 Å². The number of aromatic nitrogens is 2. The summed E-state index contributed by atoms with van der Waals surface area (Å²) in [6.07, 6.45) is 3.34. The van der Waals surface area contributed by atoms with Gasteiger partial charge in [-0.3, -0.25) is 13.9 Å². The normalized spacial score (nSPS) is 14.4. The Balaban J connectivity index is 1.61. The molecule has 1 aliphatic rings. The monoisotopic (exact) mass is 382 g/mol. The van der Waals surface area contributed by atoms with E-state index < -0.39 is 5.82 Å². The molecule has 0 radical (unpaired) electrons. The summed E-state index contributed by atoms with van der Waals surface area (Å²) in [5, 5.41) is 2.81. The molecule has 0 bridgehead atoms. The molecule has 6 nitrogen and oxygen atoms in total. The molecule has 2 heterocycles. The van der Waals surface area contributed by atoms with Gasteiger partial charge >= 0.3 is 5.69 Å². The van der Waals surface area contributed by atoms with Crippen LogP contribution in [0.15, 0.2) is 47.3 Å². The van der Waals surface area contributed by atoms with Crippen molar-refractivity contribution in [2.24, 2.45) is 7.05 Å². The van der Waals surface area contributed by atoms with Crippen LogP contribution in [-0.2, 0) is 18.4 Å². The van der Waals surface area contributed by atoms with Crippen LogP contribution in [0, 0.1) is 5.82 Å². The van der Waals surface area contributed by atoms with E-state index in [0.29, 0.717) is 11.2 Å². The molecule has 0 spiro atoms. The van der Waals surface area contributed by atoms with Gasteiger partial charge in [-0.2, -0.15) is 0 Å². The van der Waals surface area contributed by atoms with Gasteiger partial charge < -0.3 is 10.2 Å². The fourth-order valence-electron chi connectivity index (χ4n) is 3.87. The summed E-state index contributed by atoms with van der Waals surface area (Å²) in [6, 6.07) is 11.8. The van der Waals surface area contributed by atoms with Crippen molar-refractivity contribution in [1.82, 2.24) is 9.13 Å². The largest absolute Gasteiger partial charge is 0.370 e. The van der Waals surface area contributed by atoms with Gasteiger partial charge in [0.15, 0.2) is 0 Å². The van der Waals surface area contributed by atoms with Gasteiger partial charge in [-0.15, -0.1) is 0 Å². The number of carbonyl (C=O) groups is 1. The number of amides is 1. The molecule has 7 heteroatoms. The number of anilines is 2. The van der Waals surface area contributed by atoms with E-state index in [-0.39, 0.29) is 18.1 Å². The Labute approximate surface area is 162 Å². The minimum absolute atomic E-state index is 0.129. The highest BCUT2D eigenvalue weighted by Crippen LogP contribution is 2.29. The average molecular weight is 382 g/mol. The first-order valence-electron chi connectivity index (χ1n) is 9.53. The van der Waals surface area contributed by atoms with Gasteiger partial charge in [0.2, 0.25) is 5.91 Å². The Hall–Kier alpha value is -3.09. The number of para-hydroxylation sites is 2. The summed E-state index contributed by atoms with van der Waals surface area (Å²) >= 11 is 0. The smallest absolute Gasteiger partial charge is 0.329 e. The maximum absolute atomic E-state index is 13.8. The Morgan fingerprint density at radius 1 is 1.07 bits per heavy atom. The Bertz CT molecular complexity index is 1080. The molecule has 146 valence electrons. The first kappa shape index (κ1) is 18.3. The molecular formula is C21H23FN4O2. The van der Waals surface area contributed by atoms with Gasteiger partial charge in [0.05, 0.1) is 22.4 Å². The van der Waals surface area contributed by atoms with Crippen LogP contribution >= 0.6 is 0 Å². The number of nitrogens with zero attached hydrogens (tertiary/aromatic N) is 3. The molecule has 0 unspecified atom stereocenters. The molecule has 1 aromatic heterocycles. The fourth-order valence-corrected chi connectivity index (χ4v) is 3.87. The Morgan fingerprint density at radius 2 is 1.79 bits per heavy atom.